The highest BCUT2D eigenvalue weighted by Gasteiger charge is 2.21. The third kappa shape index (κ3) is 5.02. The van der Waals surface area contributed by atoms with E-state index in [1.807, 2.05) is 19.0 Å². The minimum absolute atomic E-state index is 0. The Bertz CT molecular complexity index is 1030. The zero-order valence-corrected chi connectivity index (χ0v) is 17.4. The third-order valence-electron chi connectivity index (χ3n) is 4.27. The van der Waals surface area contributed by atoms with E-state index >= 15 is 0 Å². The molecule has 3 aromatic rings. The van der Waals surface area contributed by atoms with Gasteiger partial charge in [0.15, 0.2) is 9.84 Å². The summed E-state index contributed by atoms with van der Waals surface area (Å²) < 4.78 is 39.3. The molecule has 146 valence electrons. The normalized spacial score (nSPS) is 11.7. The molecule has 1 N–H and O–H groups in total. The van der Waals surface area contributed by atoms with Crippen molar-refractivity contribution in [2.24, 2.45) is 0 Å². The molecule has 0 unspecified atom stereocenters. The Morgan fingerprint density at radius 2 is 1.78 bits per heavy atom. The number of H-pyrrole nitrogens is 1. The SMILES string of the molecule is CN(C)CCc1c(CS(=O)(=O)c2ccc(Cl)cc2)[nH]c2ccc(F)cc12.Cl. The zero-order chi connectivity index (χ0) is 18.9. The van der Waals surface area contributed by atoms with Crippen molar-refractivity contribution in [3.8, 4) is 0 Å². The predicted octanol–water partition coefficient (Wildman–Crippen LogP) is 4.46. The fraction of sp³-hybridized carbons (Fsp3) is 0.263. The molecular weight excluding hydrogens is 410 g/mol. The summed E-state index contributed by atoms with van der Waals surface area (Å²) in [6.07, 6.45) is 0.627. The molecule has 0 spiro atoms. The molecule has 3 rings (SSSR count). The van der Waals surface area contributed by atoms with Crippen LogP contribution in [0.2, 0.25) is 5.02 Å². The van der Waals surface area contributed by atoms with Crippen LogP contribution in [0.1, 0.15) is 11.3 Å². The van der Waals surface area contributed by atoms with Gasteiger partial charge in [0.05, 0.1) is 10.6 Å². The first-order valence-corrected chi connectivity index (χ1v) is 10.2. The summed E-state index contributed by atoms with van der Waals surface area (Å²) in [6.45, 7) is 0.734. The lowest BCUT2D eigenvalue weighted by atomic mass is 10.1. The van der Waals surface area contributed by atoms with Crippen molar-refractivity contribution in [2.45, 2.75) is 17.1 Å². The second-order valence-electron chi connectivity index (χ2n) is 6.54. The number of sulfone groups is 1. The minimum atomic E-state index is -3.55. The summed E-state index contributed by atoms with van der Waals surface area (Å²) in [4.78, 5) is 5.38. The second-order valence-corrected chi connectivity index (χ2v) is 8.96. The van der Waals surface area contributed by atoms with Crippen LogP contribution in [0.15, 0.2) is 47.4 Å². The van der Waals surface area contributed by atoms with Gasteiger partial charge in [-0.15, -0.1) is 12.4 Å². The molecule has 0 fully saturated rings. The van der Waals surface area contributed by atoms with E-state index in [1.54, 1.807) is 18.2 Å². The number of nitrogens with one attached hydrogen (secondary N) is 1. The number of hydrogen-bond acceptors (Lipinski definition) is 3. The van der Waals surface area contributed by atoms with Crippen molar-refractivity contribution in [1.82, 2.24) is 9.88 Å². The molecule has 0 bridgehead atoms. The van der Waals surface area contributed by atoms with Gasteiger partial charge >= 0.3 is 0 Å². The smallest absolute Gasteiger partial charge is 0.183 e. The molecule has 1 heterocycles. The number of nitrogens with zero attached hydrogens (tertiary/aromatic N) is 1. The Morgan fingerprint density at radius 3 is 2.41 bits per heavy atom. The van der Waals surface area contributed by atoms with Crippen LogP contribution in [0.25, 0.3) is 10.9 Å². The summed E-state index contributed by atoms with van der Waals surface area (Å²) in [5.41, 5.74) is 2.18. The minimum Gasteiger partial charge on any atom is -0.357 e. The second kappa shape index (κ2) is 8.61. The summed E-state index contributed by atoms with van der Waals surface area (Å²) in [7, 11) is 0.342. The van der Waals surface area contributed by atoms with Crippen molar-refractivity contribution in [3.63, 3.8) is 0 Å². The Labute approximate surface area is 169 Å². The molecule has 2 aromatic carbocycles. The van der Waals surface area contributed by atoms with E-state index in [0.717, 1.165) is 23.0 Å². The highest BCUT2D eigenvalue weighted by atomic mass is 35.5. The fourth-order valence-electron chi connectivity index (χ4n) is 2.94. The molecule has 8 heteroatoms. The van der Waals surface area contributed by atoms with Crippen molar-refractivity contribution in [1.29, 1.82) is 0 Å². The molecule has 4 nitrogen and oxygen atoms in total. The van der Waals surface area contributed by atoms with Gasteiger partial charge in [0.1, 0.15) is 5.82 Å². The van der Waals surface area contributed by atoms with Gasteiger partial charge in [-0.3, -0.25) is 0 Å². The number of aromatic amines is 1. The van der Waals surface area contributed by atoms with Crippen molar-refractivity contribution in [2.75, 3.05) is 20.6 Å². The van der Waals surface area contributed by atoms with E-state index in [4.69, 9.17) is 11.6 Å². The Balaban J connectivity index is 0.00000261. The highest BCUT2D eigenvalue weighted by molar-refractivity contribution is 7.90. The van der Waals surface area contributed by atoms with Crippen LogP contribution in [-0.2, 0) is 22.0 Å². The van der Waals surface area contributed by atoms with Gasteiger partial charge in [-0.25, -0.2) is 12.8 Å². The van der Waals surface area contributed by atoms with E-state index in [0.29, 0.717) is 17.1 Å². The van der Waals surface area contributed by atoms with Gasteiger partial charge in [0.25, 0.3) is 0 Å². The first kappa shape index (κ1) is 21.7. The predicted molar refractivity (Wildman–Crippen MR) is 110 cm³/mol. The van der Waals surface area contributed by atoms with E-state index in [1.165, 1.54) is 24.3 Å². The summed E-state index contributed by atoms with van der Waals surface area (Å²) in [6, 6.07) is 10.6. The largest absolute Gasteiger partial charge is 0.357 e. The van der Waals surface area contributed by atoms with Crippen LogP contribution in [-0.4, -0.2) is 38.9 Å². The average Bonchev–Trinajstić information content (AvgIpc) is 2.89. The molecule has 0 radical (unpaired) electrons. The molecular formula is C19H21Cl2FN2O2S. The molecule has 27 heavy (non-hydrogen) atoms. The molecule has 0 saturated carbocycles. The maximum Gasteiger partial charge on any atom is 0.183 e. The van der Waals surface area contributed by atoms with Crippen LogP contribution < -0.4 is 0 Å². The van der Waals surface area contributed by atoms with Crippen molar-refractivity contribution in [3.05, 3.63) is 64.6 Å². The number of rotatable bonds is 6. The Kier molecular flexibility index (Phi) is 6.92. The molecule has 0 amide bonds. The quantitative estimate of drug-likeness (QED) is 0.627. The number of benzene rings is 2. The lowest BCUT2D eigenvalue weighted by Crippen LogP contribution is -2.16. The van der Waals surface area contributed by atoms with E-state index in [9.17, 15) is 12.8 Å². The Hall–Kier alpha value is -1.60. The van der Waals surface area contributed by atoms with Crippen LogP contribution in [0.4, 0.5) is 4.39 Å². The monoisotopic (exact) mass is 430 g/mol. The highest BCUT2D eigenvalue weighted by Crippen LogP contribution is 2.27. The lowest BCUT2D eigenvalue weighted by Gasteiger charge is -2.11. The molecule has 0 saturated heterocycles. The number of hydrogen-bond donors (Lipinski definition) is 1. The van der Waals surface area contributed by atoms with E-state index in [-0.39, 0.29) is 28.9 Å². The van der Waals surface area contributed by atoms with Crippen LogP contribution in [0, 0.1) is 5.82 Å². The summed E-state index contributed by atoms with van der Waals surface area (Å²) in [5, 5.41) is 1.21. The number of likely N-dealkylation sites (N-methyl/N-ethyl adjacent to an activating group) is 1. The lowest BCUT2D eigenvalue weighted by molar-refractivity contribution is 0.414. The zero-order valence-electron chi connectivity index (χ0n) is 15.0. The Morgan fingerprint density at radius 1 is 1.11 bits per heavy atom. The average molecular weight is 431 g/mol. The van der Waals surface area contributed by atoms with Gasteiger partial charge in [-0.05, 0) is 68.5 Å². The fourth-order valence-corrected chi connectivity index (χ4v) is 4.41. The maximum atomic E-state index is 13.7. The summed E-state index contributed by atoms with van der Waals surface area (Å²) >= 11 is 5.85. The molecule has 0 atom stereocenters. The first-order valence-electron chi connectivity index (χ1n) is 8.18. The standard InChI is InChI=1S/C19H20ClFN2O2S.ClH/c1-23(2)10-9-16-17-11-14(21)5-8-18(17)22-19(16)12-26(24,25)15-6-3-13(20)4-7-15;/h3-8,11,22H,9-10,12H2,1-2H3;1H. The van der Waals surface area contributed by atoms with E-state index in [2.05, 4.69) is 4.98 Å². The maximum absolute atomic E-state index is 13.7. The van der Waals surface area contributed by atoms with Gasteiger partial charge in [-0.2, -0.15) is 0 Å². The van der Waals surface area contributed by atoms with Crippen LogP contribution in [0.3, 0.4) is 0 Å². The van der Waals surface area contributed by atoms with E-state index < -0.39 is 9.84 Å². The number of fused-ring (bicyclic) bond motifs is 1. The molecule has 1 aromatic heterocycles. The molecule has 0 aliphatic carbocycles. The molecule has 0 aliphatic heterocycles. The summed E-state index contributed by atoms with van der Waals surface area (Å²) in [5.74, 6) is -0.511. The van der Waals surface area contributed by atoms with Crippen LogP contribution >= 0.6 is 24.0 Å². The van der Waals surface area contributed by atoms with Gasteiger partial charge in [0, 0.05) is 28.2 Å². The van der Waals surface area contributed by atoms with Crippen molar-refractivity contribution >= 4 is 44.7 Å². The van der Waals surface area contributed by atoms with Crippen LogP contribution in [0.5, 0.6) is 0 Å². The van der Waals surface area contributed by atoms with Gasteiger partial charge < -0.3 is 9.88 Å². The van der Waals surface area contributed by atoms with Crippen molar-refractivity contribution < 1.29 is 12.8 Å². The number of halogens is 3. The number of aromatic nitrogens is 1. The van der Waals surface area contributed by atoms with Gasteiger partial charge in [-0.1, -0.05) is 11.6 Å². The third-order valence-corrected chi connectivity index (χ3v) is 6.18. The first-order chi connectivity index (χ1) is 12.3. The molecule has 0 aliphatic rings. The van der Waals surface area contributed by atoms with Gasteiger partial charge in [0.2, 0.25) is 0 Å². The topological polar surface area (TPSA) is 53.2 Å².